The lowest BCUT2D eigenvalue weighted by Crippen LogP contribution is -2.42. The van der Waals surface area contributed by atoms with Gasteiger partial charge < -0.3 is 5.73 Å². The molecule has 92 valence electrons. The zero-order valence-corrected chi connectivity index (χ0v) is 10.7. The van der Waals surface area contributed by atoms with Gasteiger partial charge in [-0.1, -0.05) is 6.92 Å². The fourth-order valence-electron chi connectivity index (χ4n) is 1.79. The Kier molecular flexibility index (Phi) is 3.26. The smallest absolute Gasteiger partial charge is 0.235 e. The van der Waals surface area contributed by atoms with Crippen LogP contribution in [0.3, 0.4) is 0 Å². The van der Waals surface area contributed by atoms with E-state index in [1.165, 1.54) is 16.2 Å². The summed E-state index contributed by atoms with van der Waals surface area (Å²) < 4.78 is 0. The molecule has 2 heterocycles. The van der Waals surface area contributed by atoms with Crippen LogP contribution in [0.2, 0.25) is 0 Å². The lowest BCUT2D eigenvalue weighted by atomic mass is 9.98. The van der Waals surface area contributed by atoms with Crippen LogP contribution in [0.5, 0.6) is 0 Å². The summed E-state index contributed by atoms with van der Waals surface area (Å²) in [5.74, 6) is -0.210. The number of hydrogen-bond acceptors (Lipinski definition) is 5. The zero-order valence-electron chi connectivity index (χ0n) is 9.84. The standard InChI is InChI=1S/C11H15N3O2S/c1-6-3-9(15)14(10(16)4-6)11-13-8(5-17-11)7(2)12/h5-7H,3-4,12H2,1-2H3. The van der Waals surface area contributed by atoms with Crippen molar-refractivity contribution < 1.29 is 9.59 Å². The van der Waals surface area contributed by atoms with E-state index in [0.29, 0.717) is 23.7 Å². The fourth-order valence-corrected chi connectivity index (χ4v) is 2.75. The molecule has 0 bridgehead atoms. The molecule has 1 aromatic rings. The second-order valence-electron chi connectivity index (χ2n) is 4.48. The Morgan fingerprint density at radius 1 is 1.47 bits per heavy atom. The van der Waals surface area contributed by atoms with Crippen molar-refractivity contribution in [3.8, 4) is 0 Å². The molecule has 2 amide bonds. The number of carbonyl (C=O) groups excluding carboxylic acids is 2. The molecule has 1 aliphatic rings. The Morgan fingerprint density at radius 2 is 2.06 bits per heavy atom. The van der Waals surface area contributed by atoms with Gasteiger partial charge in [-0.2, -0.15) is 0 Å². The fraction of sp³-hybridized carbons (Fsp3) is 0.545. The number of nitrogens with two attached hydrogens (primary N) is 1. The van der Waals surface area contributed by atoms with E-state index >= 15 is 0 Å². The molecule has 6 heteroatoms. The summed E-state index contributed by atoms with van der Waals surface area (Å²) in [5, 5.41) is 2.23. The monoisotopic (exact) mass is 253 g/mol. The molecule has 0 saturated carbocycles. The van der Waals surface area contributed by atoms with Crippen LogP contribution in [0.4, 0.5) is 5.13 Å². The number of thiazole rings is 1. The van der Waals surface area contributed by atoms with Crippen molar-refractivity contribution in [3.05, 3.63) is 11.1 Å². The number of imide groups is 1. The molecule has 1 aliphatic heterocycles. The summed E-state index contributed by atoms with van der Waals surface area (Å²) in [5.41, 5.74) is 6.42. The van der Waals surface area contributed by atoms with Gasteiger partial charge in [0.15, 0.2) is 5.13 Å². The third-order valence-electron chi connectivity index (χ3n) is 2.71. The van der Waals surface area contributed by atoms with Crippen molar-refractivity contribution in [2.75, 3.05) is 4.90 Å². The van der Waals surface area contributed by atoms with Gasteiger partial charge in [0.2, 0.25) is 11.8 Å². The van der Waals surface area contributed by atoms with E-state index in [9.17, 15) is 9.59 Å². The van der Waals surface area contributed by atoms with Crippen LogP contribution in [0.1, 0.15) is 38.4 Å². The summed E-state index contributed by atoms with van der Waals surface area (Å²) in [6, 6.07) is -0.186. The molecule has 17 heavy (non-hydrogen) atoms. The maximum Gasteiger partial charge on any atom is 0.235 e. The first-order chi connectivity index (χ1) is 7.99. The van der Waals surface area contributed by atoms with E-state index < -0.39 is 0 Å². The highest BCUT2D eigenvalue weighted by molar-refractivity contribution is 7.14. The Bertz CT molecular complexity index is 437. The number of anilines is 1. The summed E-state index contributed by atoms with van der Waals surface area (Å²) >= 11 is 1.29. The molecule has 5 nitrogen and oxygen atoms in total. The minimum Gasteiger partial charge on any atom is -0.323 e. The van der Waals surface area contributed by atoms with Gasteiger partial charge in [0.1, 0.15) is 0 Å². The van der Waals surface area contributed by atoms with E-state index in [1.54, 1.807) is 5.38 Å². The van der Waals surface area contributed by atoms with Crippen molar-refractivity contribution in [2.45, 2.75) is 32.7 Å². The predicted octanol–water partition coefficient (Wildman–Crippen LogP) is 1.45. The molecule has 1 atom stereocenters. The van der Waals surface area contributed by atoms with Crippen LogP contribution >= 0.6 is 11.3 Å². The predicted molar refractivity (Wildman–Crippen MR) is 65.6 cm³/mol. The first kappa shape index (κ1) is 12.2. The van der Waals surface area contributed by atoms with Gasteiger partial charge in [-0.3, -0.25) is 9.59 Å². The van der Waals surface area contributed by atoms with Gasteiger partial charge in [0, 0.05) is 24.3 Å². The van der Waals surface area contributed by atoms with E-state index in [4.69, 9.17) is 5.73 Å². The maximum atomic E-state index is 11.8. The van der Waals surface area contributed by atoms with Gasteiger partial charge >= 0.3 is 0 Å². The topological polar surface area (TPSA) is 76.3 Å². The molecule has 1 saturated heterocycles. The van der Waals surface area contributed by atoms with Gasteiger partial charge in [-0.05, 0) is 12.8 Å². The van der Waals surface area contributed by atoms with E-state index in [-0.39, 0.29) is 23.8 Å². The number of aromatic nitrogens is 1. The van der Waals surface area contributed by atoms with Crippen molar-refractivity contribution in [1.29, 1.82) is 0 Å². The number of rotatable bonds is 2. The molecule has 0 spiro atoms. The van der Waals surface area contributed by atoms with Crippen molar-refractivity contribution in [2.24, 2.45) is 11.7 Å². The van der Waals surface area contributed by atoms with E-state index in [1.807, 2.05) is 13.8 Å². The molecule has 0 aromatic carbocycles. The van der Waals surface area contributed by atoms with Crippen molar-refractivity contribution >= 4 is 28.3 Å². The summed E-state index contributed by atoms with van der Waals surface area (Å²) in [7, 11) is 0. The molecule has 0 radical (unpaired) electrons. The number of piperidine rings is 1. The molecule has 1 aromatic heterocycles. The average molecular weight is 253 g/mol. The molecular weight excluding hydrogens is 238 g/mol. The first-order valence-corrected chi connectivity index (χ1v) is 6.43. The largest absolute Gasteiger partial charge is 0.323 e. The second kappa shape index (κ2) is 4.54. The molecule has 1 fully saturated rings. The first-order valence-electron chi connectivity index (χ1n) is 5.56. The van der Waals surface area contributed by atoms with Crippen molar-refractivity contribution in [1.82, 2.24) is 4.98 Å². The van der Waals surface area contributed by atoms with Gasteiger partial charge in [0.05, 0.1) is 5.69 Å². The third kappa shape index (κ3) is 2.37. The molecule has 0 aliphatic carbocycles. The second-order valence-corrected chi connectivity index (χ2v) is 5.32. The van der Waals surface area contributed by atoms with Crippen LogP contribution in [0.15, 0.2) is 5.38 Å². The molecule has 2 rings (SSSR count). The van der Waals surface area contributed by atoms with E-state index in [0.717, 1.165) is 0 Å². The minimum atomic E-state index is -0.186. The van der Waals surface area contributed by atoms with Crippen LogP contribution in [0, 0.1) is 5.92 Å². The van der Waals surface area contributed by atoms with Gasteiger partial charge in [-0.15, -0.1) is 11.3 Å². The lowest BCUT2D eigenvalue weighted by molar-refractivity contribution is -0.130. The molecule has 1 unspecified atom stereocenters. The molecule has 2 N–H and O–H groups in total. The normalized spacial score (nSPS) is 19.8. The Hall–Kier alpha value is -1.27. The maximum absolute atomic E-state index is 11.8. The zero-order chi connectivity index (χ0) is 12.6. The highest BCUT2D eigenvalue weighted by Gasteiger charge is 2.33. The Balaban J connectivity index is 2.26. The van der Waals surface area contributed by atoms with Crippen LogP contribution in [0.25, 0.3) is 0 Å². The highest BCUT2D eigenvalue weighted by atomic mass is 32.1. The van der Waals surface area contributed by atoms with E-state index in [2.05, 4.69) is 4.98 Å². The Labute approximate surface area is 104 Å². The number of carbonyl (C=O) groups is 2. The average Bonchev–Trinajstić information content (AvgIpc) is 2.65. The number of hydrogen-bond donors (Lipinski definition) is 1. The quantitative estimate of drug-likeness (QED) is 0.809. The molecular formula is C11H15N3O2S. The summed E-state index contributed by atoms with van der Waals surface area (Å²) in [4.78, 5) is 29.1. The SMILES string of the molecule is CC1CC(=O)N(c2nc(C(C)N)cs2)C(=O)C1. The highest BCUT2D eigenvalue weighted by Crippen LogP contribution is 2.28. The third-order valence-corrected chi connectivity index (χ3v) is 3.56. The minimum absolute atomic E-state index is 0.124. The van der Waals surface area contributed by atoms with Gasteiger partial charge in [-0.25, -0.2) is 9.88 Å². The summed E-state index contributed by atoms with van der Waals surface area (Å²) in [6.45, 7) is 3.73. The van der Waals surface area contributed by atoms with Crippen LogP contribution < -0.4 is 10.6 Å². The Morgan fingerprint density at radius 3 is 2.53 bits per heavy atom. The number of amides is 2. The van der Waals surface area contributed by atoms with Crippen LogP contribution in [-0.4, -0.2) is 16.8 Å². The van der Waals surface area contributed by atoms with Crippen molar-refractivity contribution in [3.63, 3.8) is 0 Å². The lowest BCUT2D eigenvalue weighted by Gasteiger charge is -2.25. The number of nitrogens with zero attached hydrogens (tertiary/aromatic N) is 2. The van der Waals surface area contributed by atoms with Gasteiger partial charge in [0.25, 0.3) is 0 Å². The van der Waals surface area contributed by atoms with Crippen LogP contribution in [-0.2, 0) is 9.59 Å². The summed E-state index contributed by atoms with van der Waals surface area (Å²) in [6.07, 6.45) is 0.803.